The predicted molar refractivity (Wildman–Crippen MR) is 312 cm³/mol. The lowest BCUT2D eigenvalue weighted by Gasteiger charge is -2.33. The zero-order valence-electron chi connectivity index (χ0n) is 40.6. The largest absolute Gasteiger partial charge is 0.310 e. The summed E-state index contributed by atoms with van der Waals surface area (Å²) in [6.45, 7) is 0. The van der Waals surface area contributed by atoms with E-state index < -0.39 is 5.41 Å². The van der Waals surface area contributed by atoms with Crippen LogP contribution < -0.4 is 4.90 Å². The summed E-state index contributed by atoms with van der Waals surface area (Å²) >= 11 is 0. The topological polar surface area (TPSA) is 3.24 Å². The van der Waals surface area contributed by atoms with E-state index in [0.29, 0.717) is 0 Å². The van der Waals surface area contributed by atoms with Crippen LogP contribution in [0.5, 0.6) is 0 Å². The first kappa shape index (κ1) is 42.2. The average molecular weight is 938 g/mol. The number of hydrogen-bond acceptors (Lipinski definition) is 1. The van der Waals surface area contributed by atoms with Crippen LogP contribution >= 0.6 is 0 Å². The summed E-state index contributed by atoms with van der Waals surface area (Å²) in [5.74, 6) is 0. The molecule has 1 nitrogen and oxygen atoms in total. The van der Waals surface area contributed by atoms with Crippen LogP contribution in [0.3, 0.4) is 0 Å². The predicted octanol–water partition coefficient (Wildman–Crippen LogP) is 19.6. The van der Waals surface area contributed by atoms with Gasteiger partial charge in [-0.1, -0.05) is 249 Å². The molecule has 74 heavy (non-hydrogen) atoms. The number of hydrogen-bond donors (Lipinski definition) is 0. The van der Waals surface area contributed by atoms with Gasteiger partial charge in [0.15, 0.2) is 0 Å². The molecule has 0 atom stereocenters. The summed E-state index contributed by atoms with van der Waals surface area (Å²) in [5.41, 5.74) is 22.5. The van der Waals surface area contributed by atoms with Crippen molar-refractivity contribution in [2.75, 3.05) is 4.90 Å². The maximum absolute atomic E-state index is 2.57. The molecule has 0 saturated heterocycles. The summed E-state index contributed by atoms with van der Waals surface area (Å²) in [7, 11) is 0. The molecule has 13 aromatic rings. The molecular weight excluding hydrogens is 891 g/mol. The van der Waals surface area contributed by atoms with E-state index in [-0.39, 0.29) is 0 Å². The average Bonchev–Trinajstić information content (AvgIpc) is 4.07. The summed E-state index contributed by atoms with van der Waals surface area (Å²) < 4.78 is 0. The molecule has 0 fully saturated rings. The Morgan fingerprint density at radius 2 is 0.595 bits per heavy atom. The molecular formula is C73H47N. The summed E-state index contributed by atoms with van der Waals surface area (Å²) in [6.07, 6.45) is 0. The normalized spacial score (nSPS) is 12.7. The molecule has 15 rings (SSSR count). The van der Waals surface area contributed by atoms with Gasteiger partial charge in [-0.3, -0.25) is 0 Å². The molecule has 1 spiro atoms. The third kappa shape index (κ3) is 6.30. The quantitative estimate of drug-likeness (QED) is 0.144. The van der Waals surface area contributed by atoms with Gasteiger partial charge in [0, 0.05) is 16.9 Å². The smallest absolute Gasteiger partial charge is 0.0726 e. The molecule has 1 heteroatoms. The first-order valence-corrected chi connectivity index (χ1v) is 25.7. The van der Waals surface area contributed by atoms with Gasteiger partial charge in [0.05, 0.1) is 11.1 Å². The van der Waals surface area contributed by atoms with Crippen LogP contribution in [0.2, 0.25) is 0 Å². The first-order chi connectivity index (χ1) is 36.7. The van der Waals surface area contributed by atoms with E-state index in [1.807, 2.05) is 0 Å². The maximum atomic E-state index is 2.57. The fourth-order valence-corrected chi connectivity index (χ4v) is 12.9. The second-order valence-electron chi connectivity index (χ2n) is 19.9. The fourth-order valence-electron chi connectivity index (χ4n) is 12.9. The van der Waals surface area contributed by atoms with E-state index >= 15 is 0 Å². The summed E-state index contributed by atoms with van der Waals surface area (Å²) in [5, 5.41) is 7.49. The number of benzene rings is 13. The zero-order chi connectivity index (χ0) is 48.7. The van der Waals surface area contributed by atoms with Crippen molar-refractivity contribution in [3.8, 4) is 66.8 Å². The Labute approximate surface area is 431 Å². The lowest BCUT2D eigenvalue weighted by Crippen LogP contribution is -2.26. The van der Waals surface area contributed by atoms with E-state index in [0.717, 1.165) is 28.2 Å². The fraction of sp³-hybridized carbons (Fsp3) is 0.0137. The minimum atomic E-state index is -0.542. The zero-order valence-corrected chi connectivity index (χ0v) is 40.6. The van der Waals surface area contributed by atoms with E-state index in [4.69, 9.17) is 0 Å². The molecule has 13 aromatic carbocycles. The second kappa shape index (κ2) is 16.8. The third-order valence-electron chi connectivity index (χ3n) is 16.1. The highest BCUT2D eigenvalue weighted by Gasteiger charge is 2.52. The SMILES string of the molecule is c1ccc(-c2ccc(-c3cc4c(cc3N(c3ccc(-c5ccccc5)c(-c5ccccc5)c3)c3ccc5c6ccccc6c6ccccc6c5c3)C3(c5ccccc5-c5ccccc53)c3ccccc3-4)cc2)cc1. The Hall–Kier alpha value is -9.56. The van der Waals surface area contributed by atoms with E-state index in [1.54, 1.807) is 0 Å². The molecule has 0 heterocycles. The van der Waals surface area contributed by atoms with E-state index in [1.165, 1.54) is 110 Å². The first-order valence-electron chi connectivity index (χ1n) is 25.7. The van der Waals surface area contributed by atoms with Gasteiger partial charge in [0.2, 0.25) is 0 Å². The molecule has 0 saturated carbocycles. The Kier molecular flexibility index (Phi) is 9.55. The van der Waals surface area contributed by atoms with Gasteiger partial charge in [-0.05, 0) is 152 Å². The van der Waals surface area contributed by atoms with Crippen LogP contribution in [0.4, 0.5) is 17.1 Å². The van der Waals surface area contributed by atoms with Gasteiger partial charge >= 0.3 is 0 Å². The van der Waals surface area contributed by atoms with Crippen LogP contribution in [0.15, 0.2) is 285 Å². The molecule has 0 N–H and O–H groups in total. The van der Waals surface area contributed by atoms with Crippen molar-refractivity contribution >= 4 is 49.4 Å². The summed E-state index contributed by atoms with van der Waals surface area (Å²) in [6, 6.07) is 106. The highest BCUT2D eigenvalue weighted by Crippen LogP contribution is 2.64. The monoisotopic (exact) mass is 937 g/mol. The molecule has 2 aliphatic carbocycles. The molecule has 0 amide bonds. The minimum Gasteiger partial charge on any atom is -0.310 e. The second-order valence-corrected chi connectivity index (χ2v) is 19.9. The highest BCUT2D eigenvalue weighted by atomic mass is 15.1. The van der Waals surface area contributed by atoms with Crippen molar-refractivity contribution in [2.24, 2.45) is 0 Å². The van der Waals surface area contributed by atoms with Crippen molar-refractivity contribution in [3.05, 3.63) is 307 Å². The third-order valence-corrected chi connectivity index (χ3v) is 16.1. The summed E-state index contributed by atoms with van der Waals surface area (Å²) in [4.78, 5) is 2.56. The van der Waals surface area contributed by atoms with E-state index in [2.05, 4.69) is 290 Å². The van der Waals surface area contributed by atoms with Gasteiger partial charge in [-0.15, -0.1) is 0 Å². The Balaban J connectivity index is 1.07. The lowest BCUT2D eigenvalue weighted by molar-refractivity contribution is 0.794. The Bertz CT molecular complexity index is 4260. The van der Waals surface area contributed by atoms with Crippen LogP contribution in [-0.4, -0.2) is 0 Å². The van der Waals surface area contributed by atoms with Gasteiger partial charge in [0.25, 0.3) is 0 Å². The van der Waals surface area contributed by atoms with Crippen molar-refractivity contribution in [1.82, 2.24) is 0 Å². The van der Waals surface area contributed by atoms with Crippen LogP contribution in [0.25, 0.3) is 99.1 Å². The van der Waals surface area contributed by atoms with E-state index in [9.17, 15) is 0 Å². The van der Waals surface area contributed by atoms with Crippen molar-refractivity contribution in [2.45, 2.75) is 5.41 Å². The highest BCUT2D eigenvalue weighted by molar-refractivity contribution is 6.26. The van der Waals surface area contributed by atoms with Crippen molar-refractivity contribution in [1.29, 1.82) is 0 Å². The number of anilines is 3. The van der Waals surface area contributed by atoms with Crippen molar-refractivity contribution in [3.63, 3.8) is 0 Å². The molecule has 344 valence electrons. The standard InChI is InChI=1S/C73H47N/c1-4-20-48(21-5-1)49-36-38-52(39-37-49)65-46-67-63-32-16-19-35-70(63)73(68-33-17-14-30-61(68)62-31-15-18-34-69(62)73)71(67)47-72(65)74(53-40-42-55(50-22-6-2-7-23-50)64(44-53)51-24-8-3-9-25-51)54-41-43-60-58-28-11-10-26-56(58)57-27-12-13-29-59(57)66(60)45-54/h1-47H. The lowest BCUT2D eigenvalue weighted by atomic mass is 9.70. The minimum absolute atomic E-state index is 0.542. The molecule has 2 aliphatic rings. The molecule has 0 unspecified atom stereocenters. The van der Waals surface area contributed by atoms with Crippen LogP contribution in [-0.2, 0) is 5.41 Å². The number of rotatable bonds is 7. The van der Waals surface area contributed by atoms with Crippen LogP contribution in [0.1, 0.15) is 22.3 Å². The molecule has 0 aliphatic heterocycles. The van der Waals surface area contributed by atoms with Gasteiger partial charge < -0.3 is 4.90 Å². The number of fused-ring (bicyclic) bond motifs is 16. The Morgan fingerprint density at radius 3 is 1.16 bits per heavy atom. The van der Waals surface area contributed by atoms with Crippen molar-refractivity contribution < 1.29 is 0 Å². The molecule has 0 bridgehead atoms. The van der Waals surface area contributed by atoms with Crippen LogP contribution in [0, 0.1) is 0 Å². The number of nitrogens with zero attached hydrogens (tertiary/aromatic N) is 1. The van der Waals surface area contributed by atoms with Gasteiger partial charge in [0.1, 0.15) is 0 Å². The van der Waals surface area contributed by atoms with Gasteiger partial charge in [-0.2, -0.15) is 0 Å². The molecule has 0 radical (unpaired) electrons. The Morgan fingerprint density at radius 1 is 0.203 bits per heavy atom. The molecule has 0 aromatic heterocycles. The van der Waals surface area contributed by atoms with Gasteiger partial charge in [-0.25, -0.2) is 0 Å². The maximum Gasteiger partial charge on any atom is 0.0726 e.